The van der Waals surface area contributed by atoms with Crippen molar-refractivity contribution in [3.8, 4) is 0 Å². The van der Waals surface area contributed by atoms with Crippen molar-refractivity contribution in [2.24, 2.45) is 5.92 Å². The van der Waals surface area contributed by atoms with E-state index in [1.54, 1.807) is 0 Å². The highest BCUT2D eigenvalue weighted by Gasteiger charge is 2.46. The maximum absolute atomic E-state index is 11.2. The number of aliphatic hydroxyl groups excluding tert-OH is 1. The van der Waals surface area contributed by atoms with Crippen LogP contribution in [0, 0.1) is 5.92 Å². The largest absolute Gasteiger partial charge is 0.396 e. The Morgan fingerprint density at radius 1 is 1.46 bits per heavy atom. The Labute approximate surface area is 77.7 Å². The predicted octanol–water partition coefficient (Wildman–Crippen LogP) is -0.763. The lowest BCUT2D eigenvalue weighted by molar-refractivity contribution is -0.120. The highest BCUT2D eigenvalue weighted by Crippen LogP contribution is 2.34. The third-order valence-corrected chi connectivity index (χ3v) is 3.32. The zero-order chi connectivity index (χ0) is 9.31. The Kier molecular flexibility index (Phi) is 2.26. The maximum Gasteiger partial charge on any atom is 0.220 e. The Morgan fingerprint density at radius 2 is 2.15 bits per heavy atom. The van der Waals surface area contributed by atoms with Crippen molar-refractivity contribution in [1.82, 2.24) is 10.6 Å². The van der Waals surface area contributed by atoms with E-state index >= 15 is 0 Å². The average molecular weight is 184 g/mol. The van der Waals surface area contributed by atoms with Crippen molar-refractivity contribution < 1.29 is 9.90 Å². The van der Waals surface area contributed by atoms with Gasteiger partial charge in [-0.25, -0.2) is 0 Å². The van der Waals surface area contributed by atoms with Gasteiger partial charge in [-0.3, -0.25) is 4.79 Å². The molecule has 2 aliphatic rings. The highest BCUT2D eigenvalue weighted by molar-refractivity contribution is 5.80. The van der Waals surface area contributed by atoms with E-state index in [1.807, 2.05) is 0 Å². The van der Waals surface area contributed by atoms with Gasteiger partial charge in [-0.1, -0.05) is 0 Å². The van der Waals surface area contributed by atoms with Gasteiger partial charge in [0.25, 0.3) is 0 Å². The van der Waals surface area contributed by atoms with Gasteiger partial charge in [-0.05, 0) is 25.9 Å². The van der Waals surface area contributed by atoms with E-state index in [-0.39, 0.29) is 24.0 Å². The van der Waals surface area contributed by atoms with Crippen LogP contribution in [0.4, 0.5) is 0 Å². The fraction of sp³-hybridized carbons (Fsp3) is 0.889. The first-order valence-corrected chi connectivity index (χ1v) is 4.89. The summed E-state index contributed by atoms with van der Waals surface area (Å²) in [4.78, 5) is 11.2. The Morgan fingerprint density at radius 3 is 2.77 bits per heavy atom. The first-order chi connectivity index (χ1) is 6.27. The summed E-state index contributed by atoms with van der Waals surface area (Å²) in [5.41, 5.74) is -0.100. The second-order valence-electron chi connectivity index (χ2n) is 4.04. The molecule has 0 saturated carbocycles. The van der Waals surface area contributed by atoms with Crippen LogP contribution in [0.5, 0.6) is 0 Å². The van der Waals surface area contributed by atoms with Gasteiger partial charge in [0.2, 0.25) is 5.91 Å². The molecule has 4 nitrogen and oxygen atoms in total. The molecule has 2 heterocycles. The molecular formula is C9H16N2O2. The van der Waals surface area contributed by atoms with Gasteiger partial charge in [-0.15, -0.1) is 0 Å². The Bertz CT molecular complexity index is 212. The molecule has 0 bridgehead atoms. The van der Waals surface area contributed by atoms with Crippen LogP contribution in [0.3, 0.4) is 0 Å². The molecule has 2 rings (SSSR count). The third-order valence-electron chi connectivity index (χ3n) is 3.32. The fourth-order valence-electron chi connectivity index (χ4n) is 2.50. The number of aliphatic hydroxyl groups is 1. The van der Waals surface area contributed by atoms with Crippen LogP contribution in [-0.2, 0) is 4.79 Å². The average Bonchev–Trinajstić information content (AvgIpc) is 2.43. The van der Waals surface area contributed by atoms with E-state index in [0.29, 0.717) is 6.42 Å². The summed E-state index contributed by atoms with van der Waals surface area (Å²) >= 11 is 0. The molecule has 1 amide bonds. The molecule has 74 valence electrons. The van der Waals surface area contributed by atoms with Gasteiger partial charge < -0.3 is 15.7 Å². The second kappa shape index (κ2) is 3.27. The smallest absolute Gasteiger partial charge is 0.220 e. The van der Waals surface area contributed by atoms with Crippen molar-refractivity contribution in [1.29, 1.82) is 0 Å². The lowest BCUT2D eigenvalue weighted by Crippen LogP contribution is -2.53. The molecule has 1 unspecified atom stereocenters. The zero-order valence-electron chi connectivity index (χ0n) is 7.68. The zero-order valence-corrected chi connectivity index (χ0v) is 7.68. The topological polar surface area (TPSA) is 61.4 Å². The minimum absolute atomic E-state index is 0.0981. The molecule has 2 fully saturated rings. The lowest BCUT2D eigenvalue weighted by atomic mass is 9.79. The normalized spacial score (nSPS) is 32.1. The third kappa shape index (κ3) is 1.44. The lowest BCUT2D eigenvalue weighted by Gasteiger charge is -2.38. The van der Waals surface area contributed by atoms with Crippen molar-refractivity contribution >= 4 is 5.91 Å². The van der Waals surface area contributed by atoms with E-state index < -0.39 is 0 Å². The van der Waals surface area contributed by atoms with Crippen LogP contribution in [0.15, 0.2) is 0 Å². The molecule has 1 spiro atoms. The summed E-state index contributed by atoms with van der Waals surface area (Å²) in [6.07, 6.45) is 2.39. The van der Waals surface area contributed by atoms with E-state index in [2.05, 4.69) is 10.6 Å². The monoisotopic (exact) mass is 184 g/mol. The Hall–Kier alpha value is -0.610. The number of piperidine rings is 1. The van der Waals surface area contributed by atoms with Crippen LogP contribution in [-0.4, -0.2) is 36.2 Å². The number of nitrogens with one attached hydrogen (secondary N) is 2. The number of carbonyl (C=O) groups excluding carboxylic acids is 1. The molecule has 13 heavy (non-hydrogen) atoms. The maximum atomic E-state index is 11.2. The number of hydrogen-bond donors (Lipinski definition) is 3. The minimum atomic E-state index is -0.100. The molecule has 0 aromatic heterocycles. The second-order valence-corrected chi connectivity index (χ2v) is 4.04. The van der Waals surface area contributed by atoms with Gasteiger partial charge in [-0.2, -0.15) is 0 Å². The summed E-state index contributed by atoms with van der Waals surface area (Å²) in [6, 6.07) is 0. The SMILES string of the molecule is O=C1CC(CO)C2(CCNCC2)N1. The highest BCUT2D eigenvalue weighted by atomic mass is 16.3. The summed E-state index contributed by atoms with van der Waals surface area (Å²) in [5.74, 6) is 0.225. The molecule has 0 aromatic rings. The molecule has 4 heteroatoms. The van der Waals surface area contributed by atoms with E-state index in [0.717, 1.165) is 25.9 Å². The predicted molar refractivity (Wildman–Crippen MR) is 48.2 cm³/mol. The van der Waals surface area contributed by atoms with Crippen molar-refractivity contribution in [3.63, 3.8) is 0 Å². The molecule has 0 aliphatic carbocycles. The van der Waals surface area contributed by atoms with Crippen molar-refractivity contribution in [2.75, 3.05) is 19.7 Å². The molecule has 1 atom stereocenters. The van der Waals surface area contributed by atoms with Crippen LogP contribution < -0.4 is 10.6 Å². The van der Waals surface area contributed by atoms with E-state index in [4.69, 9.17) is 0 Å². The standard InChI is InChI=1S/C9H16N2O2/c12-6-7-5-8(13)11-9(7)1-3-10-4-2-9/h7,10,12H,1-6H2,(H,11,13). The number of hydrogen-bond acceptors (Lipinski definition) is 3. The Balaban J connectivity index is 2.13. The van der Waals surface area contributed by atoms with E-state index in [1.165, 1.54) is 0 Å². The van der Waals surface area contributed by atoms with Crippen LogP contribution in [0.1, 0.15) is 19.3 Å². The first-order valence-electron chi connectivity index (χ1n) is 4.89. The van der Waals surface area contributed by atoms with Crippen molar-refractivity contribution in [3.05, 3.63) is 0 Å². The van der Waals surface area contributed by atoms with Crippen LogP contribution in [0.2, 0.25) is 0 Å². The first kappa shape index (κ1) is 8.97. The molecule has 3 N–H and O–H groups in total. The van der Waals surface area contributed by atoms with Gasteiger partial charge in [0.1, 0.15) is 0 Å². The molecule has 0 radical (unpaired) electrons. The molecular weight excluding hydrogens is 168 g/mol. The van der Waals surface area contributed by atoms with E-state index in [9.17, 15) is 9.90 Å². The summed E-state index contributed by atoms with van der Waals surface area (Å²) in [5, 5.41) is 15.5. The van der Waals surface area contributed by atoms with Crippen molar-refractivity contribution in [2.45, 2.75) is 24.8 Å². The number of rotatable bonds is 1. The van der Waals surface area contributed by atoms with Gasteiger partial charge in [0.05, 0.1) is 0 Å². The van der Waals surface area contributed by atoms with Gasteiger partial charge in [0, 0.05) is 24.5 Å². The van der Waals surface area contributed by atoms with Gasteiger partial charge >= 0.3 is 0 Å². The quantitative estimate of drug-likeness (QED) is 0.502. The van der Waals surface area contributed by atoms with Gasteiger partial charge in [0.15, 0.2) is 0 Å². The molecule has 2 saturated heterocycles. The fourth-order valence-corrected chi connectivity index (χ4v) is 2.50. The van der Waals surface area contributed by atoms with Crippen LogP contribution >= 0.6 is 0 Å². The van der Waals surface area contributed by atoms with Crippen LogP contribution in [0.25, 0.3) is 0 Å². The number of amides is 1. The molecule has 0 aromatic carbocycles. The summed E-state index contributed by atoms with van der Waals surface area (Å²) < 4.78 is 0. The minimum Gasteiger partial charge on any atom is -0.396 e. The summed E-state index contributed by atoms with van der Waals surface area (Å²) in [6.45, 7) is 2.01. The number of carbonyl (C=O) groups is 1. The molecule has 2 aliphatic heterocycles. The summed E-state index contributed by atoms with van der Waals surface area (Å²) in [7, 11) is 0.